The standard InChI is InChI=1S/C18H20BrNS/c1-13(10-14-6-8-16(19)9-7-14)20-18-12-21-11-15-4-2-3-5-17(15)18/h2-9,13,18,20H,10-12H2,1H3. The van der Waals surface area contributed by atoms with E-state index in [4.69, 9.17) is 0 Å². The molecule has 2 aromatic carbocycles. The molecule has 0 fully saturated rings. The topological polar surface area (TPSA) is 12.0 Å². The minimum Gasteiger partial charge on any atom is -0.306 e. The fraction of sp³-hybridized carbons (Fsp3) is 0.333. The van der Waals surface area contributed by atoms with Crippen LogP contribution in [0.15, 0.2) is 53.0 Å². The van der Waals surface area contributed by atoms with Crippen LogP contribution in [0.5, 0.6) is 0 Å². The summed E-state index contributed by atoms with van der Waals surface area (Å²) in [6, 6.07) is 18.4. The summed E-state index contributed by atoms with van der Waals surface area (Å²) < 4.78 is 1.14. The first-order chi connectivity index (χ1) is 10.2. The summed E-state index contributed by atoms with van der Waals surface area (Å²) in [6.07, 6.45) is 1.07. The number of hydrogen-bond acceptors (Lipinski definition) is 2. The van der Waals surface area contributed by atoms with Gasteiger partial charge in [0.1, 0.15) is 0 Å². The number of rotatable bonds is 4. The Bertz CT molecular complexity index is 596. The first-order valence-corrected chi connectivity index (χ1v) is 9.33. The second kappa shape index (κ2) is 6.99. The van der Waals surface area contributed by atoms with Crippen molar-refractivity contribution in [1.82, 2.24) is 5.32 Å². The molecule has 2 unspecified atom stereocenters. The minimum atomic E-state index is 0.475. The van der Waals surface area contributed by atoms with Crippen LogP contribution in [0.1, 0.15) is 29.7 Å². The molecule has 1 N–H and O–H groups in total. The molecule has 0 saturated carbocycles. The normalized spacial score (nSPS) is 19.0. The molecule has 21 heavy (non-hydrogen) atoms. The molecule has 1 nitrogen and oxygen atoms in total. The summed E-state index contributed by atoms with van der Waals surface area (Å²) in [4.78, 5) is 0. The van der Waals surface area contributed by atoms with Gasteiger partial charge in [-0.2, -0.15) is 11.8 Å². The van der Waals surface area contributed by atoms with Crippen LogP contribution in [0, 0.1) is 0 Å². The maximum atomic E-state index is 3.81. The van der Waals surface area contributed by atoms with Crippen molar-refractivity contribution in [3.63, 3.8) is 0 Å². The van der Waals surface area contributed by atoms with Gasteiger partial charge in [-0.1, -0.05) is 52.3 Å². The van der Waals surface area contributed by atoms with E-state index in [1.807, 2.05) is 11.8 Å². The molecule has 1 aliphatic heterocycles. The molecular formula is C18H20BrNS. The molecular weight excluding hydrogens is 342 g/mol. The molecule has 2 atom stereocenters. The van der Waals surface area contributed by atoms with Crippen LogP contribution in [-0.4, -0.2) is 11.8 Å². The Hall–Kier alpha value is -0.770. The molecule has 1 heterocycles. The summed E-state index contributed by atoms with van der Waals surface area (Å²) in [5.74, 6) is 2.32. The Morgan fingerprint density at radius 2 is 1.95 bits per heavy atom. The minimum absolute atomic E-state index is 0.475. The third-order valence-corrected chi connectivity index (χ3v) is 5.53. The lowest BCUT2D eigenvalue weighted by molar-refractivity contribution is 0.478. The highest BCUT2D eigenvalue weighted by Crippen LogP contribution is 2.31. The van der Waals surface area contributed by atoms with Crippen LogP contribution in [0.2, 0.25) is 0 Å². The highest BCUT2D eigenvalue weighted by molar-refractivity contribution is 9.10. The Kier molecular flexibility index (Phi) is 5.04. The van der Waals surface area contributed by atoms with Gasteiger partial charge in [0.2, 0.25) is 0 Å². The summed E-state index contributed by atoms with van der Waals surface area (Å²) in [5.41, 5.74) is 4.36. The molecule has 3 rings (SSSR count). The van der Waals surface area contributed by atoms with Crippen molar-refractivity contribution in [3.05, 3.63) is 69.7 Å². The molecule has 110 valence electrons. The molecule has 3 heteroatoms. The monoisotopic (exact) mass is 361 g/mol. The van der Waals surface area contributed by atoms with Crippen LogP contribution in [0.3, 0.4) is 0 Å². The summed E-state index contributed by atoms with van der Waals surface area (Å²) in [5, 5.41) is 3.81. The fourth-order valence-corrected chi connectivity index (χ4v) is 4.27. The molecule has 1 aliphatic rings. The Morgan fingerprint density at radius 3 is 2.76 bits per heavy atom. The number of fused-ring (bicyclic) bond motifs is 1. The molecule has 0 bridgehead atoms. The Morgan fingerprint density at radius 1 is 1.19 bits per heavy atom. The summed E-state index contributed by atoms with van der Waals surface area (Å²) >= 11 is 5.52. The van der Waals surface area contributed by atoms with Crippen LogP contribution in [0.25, 0.3) is 0 Å². The van der Waals surface area contributed by atoms with Gasteiger partial charge in [-0.3, -0.25) is 0 Å². The van der Waals surface area contributed by atoms with Crippen molar-refractivity contribution in [2.75, 3.05) is 5.75 Å². The zero-order valence-electron chi connectivity index (χ0n) is 12.2. The van der Waals surface area contributed by atoms with E-state index in [0.717, 1.165) is 16.6 Å². The third-order valence-electron chi connectivity index (χ3n) is 3.91. The highest BCUT2D eigenvalue weighted by Gasteiger charge is 2.21. The fourth-order valence-electron chi connectivity index (χ4n) is 2.90. The van der Waals surface area contributed by atoms with Crippen LogP contribution >= 0.6 is 27.7 Å². The number of benzene rings is 2. The number of thioether (sulfide) groups is 1. The molecule has 0 amide bonds. The van der Waals surface area contributed by atoms with Crippen molar-refractivity contribution < 1.29 is 0 Å². The highest BCUT2D eigenvalue weighted by atomic mass is 79.9. The largest absolute Gasteiger partial charge is 0.306 e. The lowest BCUT2D eigenvalue weighted by atomic mass is 10.00. The van der Waals surface area contributed by atoms with E-state index in [2.05, 4.69) is 76.7 Å². The molecule has 0 saturated heterocycles. The zero-order valence-corrected chi connectivity index (χ0v) is 14.6. The molecule has 0 aromatic heterocycles. The van der Waals surface area contributed by atoms with E-state index in [-0.39, 0.29) is 0 Å². The lowest BCUT2D eigenvalue weighted by Crippen LogP contribution is -2.35. The molecule has 0 aliphatic carbocycles. The summed E-state index contributed by atoms with van der Waals surface area (Å²) in [7, 11) is 0. The van der Waals surface area contributed by atoms with E-state index >= 15 is 0 Å². The maximum Gasteiger partial charge on any atom is 0.0417 e. The van der Waals surface area contributed by atoms with Gasteiger partial charge in [0, 0.05) is 28.1 Å². The van der Waals surface area contributed by atoms with Gasteiger partial charge >= 0.3 is 0 Å². The molecule has 2 aromatic rings. The summed E-state index contributed by atoms with van der Waals surface area (Å²) in [6.45, 7) is 2.28. The van der Waals surface area contributed by atoms with Crippen molar-refractivity contribution in [3.8, 4) is 0 Å². The van der Waals surface area contributed by atoms with E-state index in [1.54, 1.807) is 0 Å². The van der Waals surface area contributed by atoms with E-state index < -0.39 is 0 Å². The SMILES string of the molecule is CC(Cc1ccc(Br)cc1)NC1CSCc2ccccc21. The number of hydrogen-bond donors (Lipinski definition) is 1. The van der Waals surface area contributed by atoms with E-state index in [1.165, 1.54) is 22.4 Å². The van der Waals surface area contributed by atoms with Gasteiger partial charge in [0.15, 0.2) is 0 Å². The van der Waals surface area contributed by atoms with Gasteiger partial charge < -0.3 is 5.32 Å². The first kappa shape index (κ1) is 15.1. The van der Waals surface area contributed by atoms with Gasteiger partial charge in [-0.15, -0.1) is 0 Å². The van der Waals surface area contributed by atoms with Crippen molar-refractivity contribution in [2.45, 2.75) is 31.2 Å². The van der Waals surface area contributed by atoms with Gasteiger partial charge in [-0.05, 0) is 42.2 Å². The second-order valence-corrected chi connectivity index (χ2v) is 7.61. The molecule has 0 spiro atoms. The van der Waals surface area contributed by atoms with Crippen LogP contribution < -0.4 is 5.32 Å². The predicted octanol–water partition coefficient (Wildman–Crippen LogP) is 4.96. The van der Waals surface area contributed by atoms with Gasteiger partial charge in [0.25, 0.3) is 0 Å². The predicted molar refractivity (Wildman–Crippen MR) is 95.8 cm³/mol. The van der Waals surface area contributed by atoms with E-state index in [0.29, 0.717) is 12.1 Å². The maximum absolute atomic E-state index is 3.81. The third kappa shape index (κ3) is 3.91. The van der Waals surface area contributed by atoms with E-state index in [9.17, 15) is 0 Å². The number of nitrogens with one attached hydrogen (secondary N) is 1. The average molecular weight is 362 g/mol. The Balaban J connectivity index is 1.65. The van der Waals surface area contributed by atoms with Crippen LogP contribution in [-0.2, 0) is 12.2 Å². The smallest absolute Gasteiger partial charge is 0.0417 e. The van der Waals surface area contributed by atoms with Crippen molar-refractivity contribution in [1.29, 1.82) is 0 Å². The van der Waals surface area contributed by atoms with Gasteiger partial charge in [-0.25, -0.2) is 0 Å². The van der Waals surface area contributed by atoms with Crippen molar-refractivity contribution in [2.24, 2.45) is 0 Å². The lowest BCUT2D eigenvalue weighted by Gasteiger charge is -2.29. The quantitative estimate of drug-likeness (QED) is 0.825. The average Bonchev–Trinajstić information content (AvgIpc) is 2.50. The van der Waals surface area contributed by atoms with Gasteiger partial charge in [0.05, 0.1) is 0 Å². The van der Waals surface area contributed by atoms with Crippen LogP contribution in [0.4, 0.5) is 0 Å². The number of halogens is 1. The zero-order chi connectivity index (χ0) is 14.7. The first-order valence-electron chi connectivity index (χ1n) is 7.38. The Labute approximate surface area is 139 Å². The molecule has 0 radical (unpaired) electrons. The van der Waals surface area contributed by atoms with Crippen molar-refractivity contribution >= 4 is 27.7 Å². The second-order valence-electron chi connectivity index (χ2n) is 5.66.